The van der Waals surface area contributed by atoms with Crippen molar-refractivity contribution in [1.29, 1.82) is 5.26 Å². The third-order valence-electron chi connectivity index (χ3n) is 3.21. The third-order valence-corrected chi connectivity index (χ3v) is 3.21. The second kappa shape index (κ2) is 3.99. The van der Waals surface area contributed by atoms with E-state index in [9.17, 15) is 0 Å². The zero-order chi connectivity index (χ0) is 11.7. The Kier molecular flexibility index (Phi) is 2.46. The number of anilines is 1. The van der Waals surface area contributed by atoms with Gasteiger partial charge in [0, 0.05) is 19.2 Å². The van der Waals surface area contributed by atoms with Gasteiger partial charge in [-0.25, -0.2) is 4.98 Å². The minimum atomic E-state index is -0.421. The third kappa shape index (κ3) is 1.86. The molecule has 0 saturated carbocycles. The Labute approximate surface area is 99.6 Å². The van der Waals surface area contributed by atoms with Gasteiger partial charge in [0.25, 0.3) is 0 Å². The van der Waals surface area contributed by atoms with Crippen LogP contribution in [0.25, 0.3) is 0 Å². The van der Waals surface area contributed by atoms with Gasteiger partial charge in [-0.1, -0.05) is 0 Å². The fourth-order valence-corrected chi connectivity index (χ4v) is 2.32. The van der Waals surface area contributed by atoms with Crippen LogP contribution in [-0.4, -0.2) is 37.1 Å². The van der Waals surface area contributed by atoms with Crippen LogP contribution in [-0.2, 0) is 9.47 Å². The van der Waals surface area contributed by atoms with Gasteiger partial charge in [-0.3, -0.25) is 0 Å². The molecule has 3 rings (SSSR count). The van der Waals surface area contributed by atoms with Crippen LogP contribution >= 0.6 is 0 Å². The van der Waals surface area contributed by atoms with E-state index in [2.05, 4.69) is 16.0 Å². The van der Waals surface area contributed by atoms with Crippen LogP contribution in [0.4, 0.5) is 5.82 Å². The van der Waals surface area contributed by atoms with E-state index in [1.807, 2.05) is 6.07 Å². The number of nitrogens with zero attached hydrogens (tertiary/aromatic N) is 3. The molecule has 0 N–H and O–H groups in total. The largest absolute Gasteiger partial charge is 0.351 e. The minimum absolute atomic E-state index is 0.421. The lowest BCUT2D eigenvalue weighted by atomic mass is 10.2. The average molecular weight is 231 g/mol. The summed E-state index contributed by atoms with van der Waals surface area (Å²) < 4.78 is 11.3. The van der Waals surface area contributed by atoms with Crippen molar-refractivity contribution < 1.29 is 9.47 Å². The predicted molar refractivity (Wildman–Crippen MR) is 60.4 cm³/mol. The number of hydrogen-bond donors (Lipinski definition) is 0. The first-order chi connectivity index (χ1) is 8.31. The Balaban J connectivity index is 1.75. The van der Waals surface area contributed by atoms with Crippen molar-refractivity contribution in [3.8, 4) is 6.07 Å². The highest BCUT2D eigenvalue weighted by molar-refractivity contribution is 5.43. The van der Waals surface area contributed by atoms with E-state index in [0.29, 0.717) is 25.3 Å². The summed E-state index contributed by atoms with van der Waals surface area (Å²) >= 11 is 0. The van der Waals surface area contributed by atoms with Gasteiger partial charge in [-0.15, -0.1) is 0 Å². The van der Waals surface area contributed by atoms with Crippen LogP contribution < -0.4 is 4.90 Å². The molecule has 0 unspecified atom stereocenters. The second-order valence-corrected chi connectivity index (χ2v) is 4.30. The summed E-state index contributed by atoms with van der Waals surface area (Å²) in [6, 6.07) is 5.71. The van der Waals surface area contributed by atoms with Crippen molar-refractivity contribution in [2.24, 2.45) is 0 Å². The molecule has 3 heterocycles. The minimum Gasteiger partial charge on any atom is -0.351 e. The summed E-state index contributed by atoms with van der Waals surface area (Å²) in [6.07, 6.45) is 2.46. The number of ether oxygens (including phenoxy) is 2. The lowest BCUT2D eigenvalue weighted by Crippen LogP contribution is -2.34. The van der Waals surface area contributed by atoms with Crippen molar-refractivity contribution >= 4 is 5.82 Å². The zero-order valence-electron chi connectivity index (χ0n) is 9.43. The van der Waals surface area contributed by atoms with Crippen LogP contribution in [0.2, 0.25) is 0 Å². The number of nitriles is 1. The van der Waals surface area contributed by atoms with Crippen LogP contribution in [0, 0.1) is 11.3 Å². The second-order valence-electron chi connectivity index (χ2n) is 4.30. The van der Waals surface area contributed by atoms with Gasteiger partial charge >= 0.3 is 0 Å². The fourth-order valence-electron chi connectivity index (χ4n) is 2.32. The molecule has 0 aromatic carbocycles. The molecule has 5 nitrogen and oxygen atoms in total. The quantitative estimate of drug-likeness (QED) is 0.719. The van der Waals surface area contributed by atoms with E-state index in [4.69, 9.17) is 14.7 Å². The number of pyridine rings is 1. The average Bonchev–Trinajstić information content (AvgIpc) is 3.01. The molecule has 1 aromatic rings. The molecule has 0 bridgehead atoms. The molecule has 1 aromatic heterocycles. The summed E-state index contributed by atoms with van der Waals surface area (Å²) in [4.78, 5) is 6.41. The van der Waals surface area contributed by atoms with Gasteiger partial charge in [-0.2, -0.15) is 5.26 Å². The normalized spacial score (nSPS) is 21.9. The maximum Gasteiger partial charge on any atom is 0.187 e. The van der Waals surface area contributed by atoms with Gasteiger partial charge in [0.2, 0.25) is 0 Å². The summed E-state index contributed by atoms with van der Waals surface area (Å²) in [7, 11) is 0. The molecule has 88 valence electrons. The standard InChI is InChI=1S/C12H13N3O2/c13-7-10-1-2-11(14-8-10)15-4-3-12(9-15)16-5-6-17-12/h1-2,8H,3-6,9H2. The summed E-state index contributed by atoms with van der Waals surface area (Å²) in [5.74, 6) is 0.454. The SMILES string of the molecule is N#Cc1ccc(N2CCC3(C2)OCCO3)nc1. The molecule has 0 atom stereocenters. The zero-order valence-corrected chi connectivity index (χ0v) is 9.43. The van der Waals surface area contributed by atoms with Crippen molar-refractivity contribution in [2.75, 3.05) is 31.2 Å². The number of hydrogen-bond acceptors (Lipinski definition) is 5. The van der Waals surface area contributed by atoms with E-state index in [-0.39, 0.29) is 0 Å². The highest BCUT2D eigenvalue weighted by atomic mass is 16.7. The van der Waals surface area contributed by atoms with Crippen molar-refractivity contribution in [3.05, 3.63) is 23.9 Å². The Morgan fingerprint density at radius 1 is 1.35 bits per heavy atom. The Morgan fingerprint density at radius 3 is 2.82 bits per heavy atom. The van der Waals surface area contributed by atoms with Crippen LogP contribution in [0.3, 0.4) is 0 Å². The molecular weight excluding hydrogens is 218 g/mol. The maximum atomic E-state index is 8.72. The molecule has 2 fully saturated rings. The summed E-state index contributed by atoms with van der Waals surface area (Å²) in [5, 5.41) is 8.72. The maximum absolute atomic E-state index is 8.72. The highest BCUT2D eigenvalue weighted by Crippen LogP contribution is 2.32. The summed E-state index contributed by atoms with van der Waals surface area (Å²) in [5.41, 5.74) is 0.580. The first kappa shape index (κ1) is 10.5. The van der Waals surface area contributed by atoms with Gasteiger partial charge in [-0.05, 0) is 12.1 Å². The van der Waals surface area contributed by atoms with Crippen LogP contribution in [0.1, 0.15) is 12.0 Å². The molecule has 2 aliphatic heterocycles. The number of aromatic nitrogens is 1. The Hall–Kier alpha value is -1.64. The van der Waals surface area contributed by atoms with Crippen LogP contribution in [0.15, 0.2) is 18.3 Å². The van der Waals surface area contributed by atoms with Crippen molar-refractivity contribution in [1.82, 2.24) is 4.98 Å². The lowest BCUT2D eigenvalue weighted by molar-refractivity contribution is -0.137. The molecule has 17 heavy (non-hydrogen) atoms. The molecule has 1 spiro atoms. The number of rotatable bonds is 1. The van der Waals surface area contributed by atoms with Gasteiger partial charge < -0.3 is 14.4 Å². The molecular formula is C12H13N3O2. The van der Waals surface area contributed by atoms with Crippen LogP contribution in [0.5, 0.6) is 0 Å². The topological polar surface area (TPSA) is 58.4 Å². The van der Waals surface area contributed by atoms with E-state index in [1.165, 1.54) is 0 Å². The molecule has 5 heteroatoms. The van der Waals surface area contributed by atoms with E-state index in [0.717, 1.165) is 18.8 Å². The Morgan fingerprint density at radius 2 is 2.18 bits per heavy atom. The van der Waals surface area contributed by atoms with E-state index < -0.39 is 5.79 Å². The summed E-state index contributed by atoms with van der Waals surface area (Å²) in [6.45, 7) is 2.94. The lowest BCUT2D eigenvalue weighted by Gasteiger charge is -2.22. The predicted octanol–water partition coefficient (Wildman–Crippen LogP) is 0.906. The van der Waals surface area contributed by atoms with Gasteiger partial charge in [0.1, 0.15) is 11.9 Å². The van der Waals surface area contributed by atoms with E-state index >= 15 is 0 Å². The monoisotopic (exact) mass is 231 g/mol. The Bertz CT molecular complexity index is 446. The van der Waals surface area contributed by atoms with Crippen molar-refractivity contribution in [3.63, 3.8) is 0 Å². The molecule has 2 saturated heterocycles. The first-order valence-corrected chi connectivity index (χ1v) is 5.70. The first-order valence-electron chi connectivity index (χ1n) is 5.70. The van der Waals surface area contributed by atoms with Gasteiger partial charge in [0.05, 0.1) is 25.3 Å². The molecule has 0 aliphatic carbocycles. The molecule has 0 radical (unpaired) electrons. The molecule has 0 amide bonds. The van der Waals surface area contributed by atoms with E-state index in [1.54, 1.807) is 12.3 Å². The fraction of sp³-hybridized carbons (Fsp3) is 0.500. The molecule has 2 aliphatic rings. The van der Waals surface area contributed by atoms with Gasteiger partial charge in [0.15, 0.2) is 5.79 Å². The highest BCUT2D eigenvalue weighted by Gasteiger charge is 2.43. The smallest absolute Gasteiger partial charge is 0.187 e. The van der Waals surface area contributed by atoms with Crippen molar-refractivity contribution in [2.45, 2.75) is 12.2 Å².